The molecule has 3 atom stereocenters. The predicted molar refractivity (Wildman–Crippen MR) is 166 cm³/mol. The van der Waals surface area contributed by atoms with Crippen LogP contribution in [0.1, 0.15) is 130 Å². The predicted octanol–water partition coefficient (Wildman–Crippen LogP) is 11.3. The monoisotopic (exact) mass is 509 g/mol. The van der Waals surface area contributed by atoms with Gasteiger partial charge >= 0.3 is 0 Å². The van der Waals surface area contributed by atoms with Gasteiger partial charge in [0.25, 0.3) is 14.1 Å². The zero-order valence-electron chi connectivity index (χ0n) is 27.3. The maximum absolute atomic E-state index is 2.52. The van der Waals surface area contributed by atoms with Crippen molar-refractivity contribution in [3.63, 3.8) is 0 Å². The van der Waals surface area contributed by atoms with E-state index in [0.29, 0.717) is 31.5 Å². The van der Waals surface area contributed by atoms with Crippen molar-refractivity contribution in [2.75, 3.05) is 0 Å². The molecule has 0 aliphatic rings. The maximum atomic E-state index is 2.52. The van der Waals surface area contributed by atoms with Crippen molar-refractivity contribution in [2.24, 2.45) is 45.8 Å². The molecule has 0 saturated heterocycles. The second kappa shape index (κ2) is 17.6. The Balaban J connectivity index is 0. The van der Waals surface area contributed by atoms with E-state index in [1.165, 1.54) is 29.8 Å². The first-order valence-corrected chi connectivity index (χ1v) is 19.5. The highest BCUT2D eigenvalue weighted by Crippen LogP contribution is 2.35. The van der Waals surface area contributed by atoms with Gasteiger partial charge in [0, 0.05) is 0 Å². The summed E-state index contributed by atoms with van der Waals surface area (Å²) in [5.74, 6) is 4.62. The van der Waals surface area contributed by atoms with Gasteiger partial charge in [0.15, 0.2) is 0 Å². The van der Waals surface area contributed by atoms with Crippen LogP contribution in [-0.2, 0) is 0 Å². The minimum Gasteiger partial charge on any atom is -0.0950 e. The smallest absolute Gasteiger partial charge is 0.0950 e. The van der Waals surface area contributed by atoms with Crippen LogP contribution in [0, 0.1) is 45.8 Å². The molecule has 0 nitrogen and oxygen atoms in total. The molecule has 0 aliphatic carbocycles. The Morgan fingerprint density at radius 2 is 0.706 bits per heavy atom. The van der Waals surface area contributed by atoms with Crippen molar-refractivity contribution >= 4 is 29.4 Å². The molecule has 0 fully saturated rings. The van der Waals surface area contributed by atoms with E-state index < -0.39 is 14.1 Å². The third kappa shape index (κ3) is 29.3. The molecule has 0 aromatic rings. The van der Waals surface area contributed by atoms with Crippen LogP contribution in [-0.4, -0.2) is 29.4 Å². The van der Waals surface area contributed by atoms with Gasteiger partial charge in [-0.3, -0.25) is 0 Å². The summed E-state index contributed by atoms with van der Waals surface area (Å²) in [4.78, 5) is 0. The zero-order valence-corrected chi connectivity index (χ0v) is 29.9. The molecule has 0 radical (unpaired) electrons. The third-order valence-corrected chi connectivity index (χ3v) is 14.2. The molecule has 3 unspecified atom stereocenters. The third-order valence-electron chi connectivity index (χ3n) is 6.65. The quantitative estimate of drug-likeness (QED) is 0.217. The van der Waals surface area contributed by atoms with E-state index in [-0.39, 0.29) is 0 Å². The largest absolute Gasteiger partial charge is 0.262 e. The molecule has 0 heterocycles. The second-order valence-corrected chi connectivity index (χ2v) is 21.9. The SMILES string of the molecule is CC(C)[CH2][AlH][CH2]C(C)C.CC([CH2][Al]([CH2]C(C)CC(C)(C)C)[CH2]C(C)CC(C)(C)C)CC(C)(C)C. The molecule has 0 rings (SSSR count). The minimum atomic E-state index is -0.676. The summed E-state index contributed by atoms with van der Waals surface area (Å²) >= 11 is -0.360. The Kier molecular flexibility index (Phi) is 19.2. The van der Waals surface area contributed by atoms with Crippen LogP contribution in [0.15, 0.2) is 0 Å². The average molecular weight is 509 g/mol. The molecule has 2 heteroatoms. The standard InChI is InChI=1S/3C8H17.2C4H9.2Al.H/c3*1-7(2)6-8(3,4)5;2*1-4(2)3;;;/h3*7H,1,6H2,2-5H3;2*4H,1H2,2-3H3;;;. The fraction of sp³-hybridized carbons (Fsp3) is 1.00. The summed E-state index contributed by atoms with van der Waals surface area (Å²) in [7, 11) is 0. The first-order chi connectivity index (χ1) is 15.1. The number of hydrogen-bond donors (Lipinski definition) is 0. The normalized spacial score (nSPS) is 15.6. The summed E-state index contributed by atoms with van der Waals surface area (Å²) < 4.78 is 0. The Morgan fingerprint density at radius 3 is 0.882 bits per heavy atom. The lowest BCUT2D eigenvalue weighted by Gasteiger charge is -2.30. The average Bonchev–Trinajstić information content (AvgIpc) is 2.48. The summed E-state index contributed by atoms with van der Waals surface area (Å²) in [6, 6.07) is 0. The molecule has 0 aromatic heterocycles. The molecule has 204 valence electrons. The fourth-order valence-electron chi connectivity index (χ4n) is 6.32. The number of rotatable bonds is 13. The van der Waals surface area contributed by atoms with Crippen molar-refractivity contribution in [3.8, 4) is 0 Å². The molecule has 0 saturated carbocycles. The lowest BCUT2D eigenvalue weighted by atomic mass is 9.86. The highest BCUT2D eigenvalue weighted by Gasteiger charge is 2.29. The van der Waals surface area contributed by atoms with Crippen LogP contribution in [0.4, 0.5) is 0 Å². The van der Waals surface area contributed by atoms with Gasteiger partial charge < -0.3 is 0 Å². The lowest BCUT2D eigenvalue weighted by Crippen LogP contribution is -2.26. The van der Waals surface area contributed by atoms with E-state index in [4.69, 9.17) is 0 Å². The molecule has 0 N–H and O–H groups in total. The van der Waals surface area contributed by atoms with Crippen molar-refractivity contribution in [1.29, 1.82) is 0 Å². The van der Waals surface area contributed by atoms with Gasteiger partial charge in [-0.1, -0.05) is 167 Å². The van der Waals surface area contributed by atoms with Gasteiger partial charge in [0.05, 0.1) is 0 Å². The van der Waals surface area contributed by atoms with Crippen molar-refractivity contribution in [1.82, 2.24) is 0 Å². The van der Waals surface area contributed by atoms with E-state index in [2.05, 4.69) is 111 Å². The van der Waals surface area contributed by atoms with Crippen LogP contribution in [0.2, 0.25) is 26.4 Å². The van der Waals surface area contributed by atoms with E-state index in [1.54, 1.807) is 15.8 Å². The van der Waals surface area contributed by atoms with Gasteiger partial charge in [0.2, 0.25) is 15.2 Å². The van der Waals surface area contributed by atoms with Gasteiger partial charge in [-0.15, -0.1) is 0 Å². The molecule has 0 amide bonds. The van der Waals surface area contributed by atoms with Crippen LogP contribution >= 0.6 is 0 Å². The molecular formula is C32H70Al2. The van der Waals surface area contributed by atoms with Gasteiger partial charge in [-0.2, -0.15) is 0 Å². The summed E-state index contributed by atoms with van der Waals surface area (Å²) in [6.07, 6.45) is 4.16. The van der Waals surface area contributed by atoms with E-state index in [1.807, 2.05) is 0 Å². The van der Waals surface area contributed by atoms with Crippen molar-refractivity contribution < 1.29 is 0 Å². The van der Waals surface area contributed by atoms with E-state index >= 15 is 0 Å². The van der Waals surface area contributed by atoms with Gasteiger partial charge in [0.1, 0.15) is 0 Å². The zero-order chi connectivity index (χ0) is 27.3. The summed E-state index contributed by atoms with van der Waals surface area (Å²) in [6.45, 7) is 38.5. The Morgan fingerprint density at radius 1 is 0.471 bits per heavy atom. The van der Waals surface area contributed by atoms with Gasteiger partial charge in [-0.25, -0.2) is 0 Å². The molecule has 0 aliphatic heterocycles. The molecule has 0 aromatic carbocycles. The minimum absolute atomic E-state index is 0.316. The Hall–Kier alpha value is 1.06. The Labute approximate surface area is 230 Å². The maximum Gasteiger partial charge on any atom is 0.262 e. The fourth-order valence-corrected chi connectivity index (χ4v) is 12.7. The van der Waals surface area contributed by atoms with Crippen LogP contribution < -0.4 is 0 Å². The second-order valence-electron chi connectivity index (χ2n) is 16.9. The van der Waals surface area contributed by atoms with Crippen LogP contribution in [0.5, 0.6) is 0 Å². The first kappa shape index (κ1) is 37.2. The number of hydrogen-bond acceptors (Lipinski definition) is 0. The summed E-state index contributed by atoms with van der Waals surface area (Å²) in [5, 5.41) is 7.75. The first-order valence-electron chi connectivity index (χ1n) is 15.1. The highest BCUT2D eigenvalue weighted by atomic mass is 27.2. The highest BCUT2D eigenvalue weighted by molar-refractivity contribution is 6.59. The molecular weight excluding hydrogens is 438 g/mol. The molecule has 0 spiro atoms. The molecule has 34 heavy (non-hydrogen) atoms. The topological polar surface area (TPSA) is 0 Å². The Bertz CT molecular complexity index is 408. The van der Waals surface area contributed by atoms with Crippen LogP contribution in [0.25, 0.3) is 0 Å². The van der Waals surface area contributed by atoms with Crippen molar-refractivity contribution in [2.45, 2.75) is 156 Å². The van der Waals surface area contributed by atoms with E-state index in [9.17, 15) is 0 Å². The van der Waals surface area contributed by atoms with E-state index in [0.717, 1.165) is 29.6 Å². The van der Waals surface area contributed by atoms with Crippen LogP contribution in [0.3, 0.4) is 0 Å². The van der Waals surface area contributed by atoms with Gasteiger partial charge in [-0.05, 0) is 35.5 Å². The molecule has 0 bridgehead atoms. The lowest BCUT2D eigenvalue weighted by molar-refractivity contribution is 0.308. The summed E-state index contributed by atoms with van der Waals surface area (Å²) in [5.41, 5.74) is 1.44. The van der Waals surface area contributed by atoms with Crippen molar-refractivity contribution in [3.05, 3.63) is 0 Å².